The van der Waals surface area contributed by atoms with Crippen LogP contribution >= 0.6 is 0 Å². The molecule has 2 unspecified atom stereocenters. The summed E-state index contributed by atoms with van der Waals surface area (Å²) in [5, 5.41) is 12.5. The zero-order valence-electron chi connectivity index (χ0n) is 11.5. The molecule has 2 atom stereocenters. The van der Waals surface area contributed by atoms with Crippen LogP contribution in [0.3, 0.4) is 0 Å². The van der Waals surface area contributed by atoms with E-state index >= 15 is 0 Å². The van der Waals surface area contributed by atoms with Crippen LogP contribution in [0.4, 0.5) is 8.78 Å². The first-order valence-corrected chi connectivity index (χ1v) is 6.94. The molecule has 1 saturated carbocycles. The van der Waals surface area contributed by atoms with Gasteiger partial charge in [-0.3, -0.25) is 4.79 Å². The molecule has 2 rings (SSSR count). The van der Waals surface area contributed by atoms with Crippen LogP contribution in [0, 0.1) is 18.6 Å². The van der Waals surface area contributed by atoms with Crippen LogP contribution in [0.2, 0.25) is 0 Å². The number of rotatable bonds is 2. The van der Waals surface area contributed by atoms with Crippen molar-refractivity contribution < 1.29 is 18.7 Å². The summed E-state index contributed by atoms with van der Waals surface area (Å²) in [6, 6.07) is 1.93. The lowest BCUT2D eigenvalue weighted by molar-refractivity contribution is 0.0811. The molecule has 3 nitrogen and oxygen atoms in total. The van der Waals surface area contributed by atoms with Gasteiger partial charge in [-0.05, 0) is 31.4 Å². The lowest BCUT2D eigenvalue weighted by Crippen LogP contribution is -2.43. The summed E-state index contributed by atoms with van der Waals surface area (Å²) in [7, 11) is 0. The van der Waals surface area contributed by atoms with Crippen LogP contribution in [0.5, 0.6) is 0 Å². The maximum absolute atomic E-state index is 13.9. The van der Waals surface area contributed by atoms with Crippen molar-refractivity contribution in [1.82, 2.24) is 5.32 Å². The highest BCUT2D eigenvalue weighted by molar-refractivity contribution is 5.95. The molecule has 0 bridgehead atoms. The molecule has 0 radical (unpaired) electrons. The number of aliphatic hydroxyl groups excluding tert-OH is 1. The molecule has 1 aromatic rings. The fourth-order valence-corrected chi connectivity index (χ4v) is 2.56. The predicted molar refractivity (Wildman–Crippen MR) is 71.4 cm³/mol. The van der Waals surface area contributed by atoms with Gasteiger partial charge < -0.3 is 10.4 Å². The van der Waals surface area contributed by atoms with Crippen molar-refractivity contribution in [2.75, 3.05) is 0 Å². The number of hydrogen-bond acceptors (Lipinski definition) is 2. The molecule has 5 heteroatoms. The Morgan fingerprint density at radius 3 is 2.70 bits per heavy atom. The van der Waals surface area contributed by atoms with Crippen molar-refractivity contribution in [1.29, 1.82) is 0 Å². The van der Waals surface area contributed by atoms with Gasteiger partial charge in [0.2, 0.25) is 0 Å². The monoisotopic (exact) mass is 283 g/mol. The Hall–Kier alpha value is -1.49. The molecular weight excluding hydrogens is 264 g/mol. The first-order valence-electron chi connectivity index (χ1n) is 6.94. The normalized spacial score (nSPS) is 23.2. The van der Waals surface area contributed by atoms with Gasteiger partial charge in [0.05, 0.1) is 12.1 Å². The SMILES string of the molecule is Cc1ccc(F)c(C(=O)NC2CCCCCC2O)c1F. The minimum atomic E-state index is -0.881. The van der Waals surface area contributed by atoms with Crippen LogP contribution in [-0.2, 0) is 0 Å². The smallest absolute Gasteiger partial charge is 0.257 e. The molecule has 0 saturated heterocycles. The van der Waals surface area contributed by atoms with Crippen LogP contribution in [0.1, 0.15) is 48.0 Å². The summed E-state index contributed by atoms with van der Waals surface area (Å²) >= 11 is 0. The third-order valence-corrected chi connectivity index (χ3v) is 3.81. The number of carbonyl (C=O) groups excluding carboxylic acids is 1. The van der Waals surface area contributed by atoms with Gasteiger partial charge in [0.15, 0.2) is 0 Å². The molecule has 1 fully saturated rings. The standard InChI is InChI=1S/C15H19F2NO2/c1-9-7-8-10(16)13(14(9)17)15(20)18-11-5-3-2-4-6-12(11)19/h7-8,11-12,19H,2-6H2,1H3,(H,18,20). The zero-order chi connectivity index (χ0) is 14.7. The average molecular weight is 283 g/mol. The summed E-state index contributed by atoms with van der Waals surface area (Å²) in [6.45, 7) is 1.48. The van der Waals surface area contributed by atoms with Gasteiger partial charge in [-0.1, -0.05) is 25.3 Å². The van der Waals surface area contributed by atoms with Gasteiger partial charge >= 0.3 is 0 Å². The number of nitrogens with one attached hydrogen (secondary N) is 1. The third kappa shape index (κ3) is 3.15. The van der Waals surface area contributed by atoms with E-state index in [1.807, 2.05) is 0 Å². The van der Waals surface area contributed by atoms with E-state index in [1.165, 1.54) is 13.0 Å². The first-order chi connectivity index (χ1) is 9.50. The number of hydrogen-bond donors (Lipinski definition) is 2. The predicted octanol–water partition coefficient (Wildman–Crippen LogP) is 2.70. The van der Waals surface area contributed by atoms with Crippen molar-refractivity contribution in [2.24, 2.45) is 0 Å². The molecular formula is C15H19F2NO2. The van der Waals surface area contributed by atoms with Crippen LogP contribution in [-0.4, -0.2) is 23.2 Å². The Kier molecular flexibility index (Phi) is 4.70. The van der Waals surface area contributed by atoms with Crippen LogP contribution < -0.4 is 5.32 Å². The fourth-order valence-electron chi connectivity index (χ4n) is 2.56. The molecule has 0 aliphatic heterocycles. The topological polar surface area (TPSA) is 49.3 Å². The van der Waals surface area contributed by atoms with Crippen molar-refractivity contribution in [3.63, 3.8) is 0 Å². The first kappa shape index (κ1) is 14.9. The quantitative estimate of drug-likeness (QED) is 0.820. The zero-order valence-corrected chi connectivity index (χ0v) is 11.5. The number of amides is 1. The van der Waals surface area contributed by atoms with Crippen molar-refractivity contribution in [2.45, 2.75) is 51.2 Å². The second-order valence-electron chi connectivity index (χ2n) is 5.34. The Morgan fingerprint density at radius 2 is 1.95 bits per heavy atom. The summed E-state index contributed by atoms with van der Waals surface area (Å²) in [5.41, 5.74) is -0.348. The number of aryl methyl sites for hydroxylation is 1. The van der Waals surface area contributed by atoms with Gasteiger partial charge in [0, 0.05) is 0 Å². The third-order valence-electron chi connectivity index (χ3n) is 3.81. The van der Waals surface area contributed by atoms with E-state index in [-0.39, 0.29) is 5.56 Å². The van der Waals surface area contributed by atoms with Gasteiger partial charge in [0.25, 0.3) is 5.91 Å². The highest BCUT2D eigenvalue weighted by Crippen LogP contribution is 2.20. The van der Waals surface area contributed by atoms with Gasteiger partial charge in [-0.2, -0.15) is 0 Å². The summed E-state index contributed by atoms with van der Waals surface area (Å²) in [6.07, 6.45) is 3.36. The summed E-state index contributed by atoms with van der Waals surface area (Å²) < 4.78 is 27.5. The Bertz CT molecular complexity index is 505. The maximum Gasteiger partial charge on any atom is 0.257 e. The maximum atomic E-state index is 13.9. The molecule has 110 valence electrons. The number of halogens is 2. The van der Waals surface area contributed by atoms with E-state index in [0.29, 0.717) is 12.8 Å². The van der Waals surface area contributed by atoms with E-state index in [9.17, 15) is 18.7 Å². The molecule has 2 N–H and O–H groups in total. The number of benzene rings is 1. The number of carbonyl (C=O) groups is 1. The molecule has 1 aliphatic carbocycles. The Morgan fingerprint density at radius 1 is 1.25 bits per heavy atom. The fraction of sp³-hybridized carbons (Fsp3) is 0.533. The molecule has 0 spiro atoms. The van der Waals surface area contributed by atoms with Crippen molar-refractivity contribution >= 4 is 5.91 Å². The van der Waals surface area contributed by atoms with Crippen LogP contribution in [0.15, 0.2) is 12.1 Å². The van der Waals surface area contributed by atoms with E-state index in [4.69, 9.17) is 0 Å². The molecule has 1 amide bonds. The van der Waals surface area contributed by atoms with Crippen molar-refractivity contribution in [3.8, 4) is 0 Å². The summed E-state index contributed by atoms with van der Waals surface area (Å²) in [4.78, 5) is 12.1. The van der Waals surface area contributed by atoms with E-state index in [0.717, 1.165) is 25.3 Å². The molecule has 1 aliphatic rings. The number of aliphatic hydroxyl groups is 1. The lowest BCUT2D eigenvalue weighted by Gasteiger charge is -2.22. The minimum Gasteiger partial charge on any atom is -0.391 e. The van der Waals surface area contributed by atoms with Crippen LogP contribution in [0.25, 0.3) is 0 Å². The van der Waals surface area contributed by atoms with E-state index in [1.54, 1.807) is 0 Å². The van der Waals surface area contributed by atoms with Gasteiger partial charge in [0.1, 0.15) is 17.2 Å². The highest BCUT2D eigenvalue weighted by atomic mass is 19.1. The highest BCUT2D eigenvalue weighted by Gasteiger charge is 2.26. The lowest BCUT2D eigenvalue weighted by atomic mass is 10.0. The van der Waals surface area contributed by atoms with Gasteiger partial charge in [-0.15, -0.1) is 0 Å². The van der Waals surface area contributed by atoms with E-state index < -0.39 is 35.3 Å². The van der Waals surface area contributed by atoms with E-state index in [2.05, 4.69) is 5.32 Å². The minimum absolute atomic E-state index is 0.220. The summed E-state index contributed by atoms with van der Waals surface area (Å²) in [5.74, 6) is -2.52. The Balaban J connectivity index is 2.17. The average Bonchev–Trinajstić information content (AvgIpc) is 2.60. The Labute approximate surface area is 117 Å². The second-order valence-corrected chi connectivity index (χ2v) is 5.34. The van der Waals surface area contributed by atoms with Gasteiger partial charge in [-0.25, -0.2) is 8.78 Å². The largest absolute Gasteiger partial charge is 0.391 e. The molecule has 1 aromatic carbocycles. The molecule has 20 heavy (non-hydrogen) atoms. The second kappa shape index (κ2) is 6.31. The molecule has 0 aromatic heterocycles. The molecule has 0 heterocycles. The van der Waals surface area contributed by atoms with Crippen molar-refractivity contribution in [3.05, 3.63) is 34.9 Å².